The first-order valence-electron chi connectivity index (χ1n) is 7.97. The van der Waals surface area contributed by atoms with Crippen molar-refractivity contribution < 1.29 is 39.5 Å². The maximum absolute atomic E-state index is 10.8. The quantitative estimate of drug-likeness (QED) is 0.546. The third kappa shape index (κ3) is 3.67. The number of carboxylic acids is 1. The number of hydrogen-bond donors (Lipinski definition) is 0. The molecule has 0 spiro atoms. The SMILES string of the molecule is O=C([O-])CCc1nnc(Br)n1-c1ccc(C2CC2)c2ccccc12.[Na+]. The normalized spacial score (nSPS) is 13.6. The van der Waals surface area contributed by atoms with Gasteiger partial charge >= 0.3 is 29.6 Å². The Morgan fingerprint density at radius 2 is 1.88 bits per heavy atom. The molecule has 4 rings (SSSR count). The maximum Gasteiger partial charge on any atom is 1.00 e. The van der Waals surface area contributed by atoms with Gasteiger partial charge in [-0.2, -0.15) is 0 Å². The molecule has 1 saturated carbocycles. The Kier molecular flexibility index (Phi) is 5.63. The van der Waals surface area contributed by atoms with Gasteiger partial charge in [-0.3, -0.25) is 4.57 Å². The smallest absolute Gasteiger partial charge is 0.550 e. The van der Waals surface area contributed by atoms with Gasteiger partial charge in [-0.15, -0.1) is 10.2 Å². The van der Waals surface area contributed by atoms with Gasteiger partial charge in [-0.1, -0.05) is 30.3 Å². The van der Waals surface area contributed by atoms with Crippen LogP contribution in [0.3, 0.4) is 0 Å². The van der Waals surface area contributed by atoms with Gasteiger partial charge < -0.3 is 9.90 Å². The van der Waals surface area contributed by atoms with Crippen molar-refractivity contribution in [2.75, 3.05) is 0 Å². The molecule has 1 heterocycles. The number of carboxylic acid groups (broad SMARTS) is 1. The summed E-state index contributed by atoms with van der Waals surface area (Å²) in [5, 5.41) is 21.3. The zero-order valence-electron chi connectivity index (χ0n) is 13.9. The topological polar surface area (TPSA) is 70.8 Å². The van der Waals surface area contributed by atoms with Crippen molar-refractivity contribution in [1.82, 2.24) is 14.8 Å². The van der Waals surface area contributed by atoms with Crippen molar-refractivity contribution in [3.63, 3.8) is 0 Å². The minimum atomic E-state index is -1.09. The number of carbonyl (C=O) groups excluding carboxylic acids is 1. The van der Waals surface area contributed by atoms with Crippen LogP contribution in [0.4, 0.5) is 0 Å². The molecular formula is C18H15BrN3NaO2. The zero-order valence-corrected chi connectivity index (χ0v) is 17.5. The summed E-state index contributed by atoms with van der Waals surface area (Å²) < 4.78 is 2.45. The molecule has 0 amide bonds. The summed E-state index contributed by atoms with van der Waals surface area (Å²) in [6.45, 7) is 0. The van der Waals surface area contributed by atoms with Crippen molar-refractivity contribution in [1.29, 1.82) is 0 Å². The maximum atomic E-state index is 10.8. The van der Waals surface area contributed by atoms with E-state index in [1.54, 1.807) is 0 Å². The van der Waals surface area contributed by atoms with E-state index in [2.05, 4.69) is 56.5 Å². The summed E-state index contributed by atoms with van der Waals surface area (Å²) in [4.78, 5) is 10.8. The average Bonchev–Trinajstić information content (AvgIpc) is 3.35. The molecule has 0 saturated heterocycles. The minimum Gasteiger partial charge on any atom is -0.550 e. The number of aryl methyl sites for hydroxylation is 1. The van der Waals surface area contributed by atoms with Crippen LogP contribution in [-0.2, 0) is 11.2 Å². The van der Waals surface area contributed by atoms with Crippen molar-refractivity contribution in [3.8, 4) is 5.69 Å². The minimum absolute atomic E-state index is 0. The molecule has 1 aliphatic carbocycles. The molecule has 1 aliphatic rings. The fourth-order valence-electron chi connectivity index (χ4n) is 3.16. The number of aliphatic carboxylic acids is 1. The first-order chi connectivity index (χ1) is 11.6. The largest absolute Gasteiger partial charge is 1.00 e. The molecule has 3 aromatic rings. The molecule has 0 aliphatic heterocycles. The van der Waals surface area contributed by atoms with Crippen LogP contribution in [0.25, 0.3) is 16.5 Å². The van der Waals surface area contributed by atoms with E-state index >= 15 is 0 Å². The van der Waals surface area contributed by atoms with Gasteiger partial charge in [-0.05, 0) is 58.1 Å². The van der Waals surface area contributed by atoms with Crippen LogP contribution in [0.5, 0.6) is 0 Å². The average molecular weight is 408 g/mol. The molecular weight excluding hydrogens is 393 g/mol. The number of halogens is 1. The van der Waals surface area contributed by atoms with Crippen molar-refractivity contribution in [2.45, 2.75) is 31.6 Å². The van der Waals surface area contributed by atoms with Crippen LogP contribution < -0.4 is 34.7 Å². The van der Waals surface area contributed by atoms with Gasteiger partial charge in [0.15, 0.2) is 0 Å². The number of nitrogens with zero attached hydrogens (tertiary/aromatic N) is 3. The summed E-state index contributed by atoms with van der Waals surface area (Å²) in [7, 11) is 0. The predicted molar refractivity (Wildman–Crippen MR) is 91.9 cm³/mol. The van der Waals surface area contributed by atoms with Gasteiger partial charge in [-0.25, -0.2) is 0 Å². The number of aromatic nitrogens is 3. The van der Waals surface area contributed by atoms with Gasteiger partial charge in [0.25, 0.3) is 0 Å². The molecule has 0 N–H and O–H groups in total. The fraction of sp³-hybridized carbons (Fsp3) is 0.278. The molecule has 122 valence electrons. The number of hydrogen-bond acceptors (Lipinski definition) is 4. The van der Waals surface area contributed by atoms with Crippen molar-refractivity contribution >= 4 is 32.7 Å². The van der Waals surface area contributed by atoms with Crippen molar-refractivity contribution in [3.05, 3.63) is 52.5 Å². The molecule has 7 heteroatoms. The fourth-order valence-corrected chi connectivity index (χ4v) is 3.64. The molecule has 0 bridgehead atoms. The number of rotatable bonds is 5. The molecule has 5 nitrogen and oxygen atoms in total. The Labute approximate surface area is 175 Å². The van der Waals surface area contributed by atoms with Crippen LogP contribution in [0.15, 0.2) is 41.1 Å². The van der Waals surface area contributed by atoms with Crippen LogP contribution >= 0.6 is 15.9 Å². The molecule has 1 fully saturated rings. The third-order valence-corrected chi connectivity index (χ3v) is 4.95. The van der Waals surface area contributed by atoms with Gasteiger partial charge in [0.2, 0.25) is 4.73 Å². The number of carbonyl (C=O) groups is 1. The molecule has 0 radical (unpaired) electrons. The van der Waals surface area contributed by atoms with E-state index in [-0.39, 0.29) is 42.4 Å². The summed E-state index contributed by atoms with van der Waals surface area (Å²) in [6.07, 6.45) is 2.69. The van der Waals surface area contributed by atoms with E-state index < -0.39 is 5.97 Å². The molecule has 0 unspecified atom stereocenters. The van der Waals surface area contributed by atoms with Crippen LogP contribution in [-0.4, -0.2) is 20.7 Å². The molecule has 0 atom stereocenters. The van der Waals surface area contributed by atoms with Gasteiger partial charge in [0.1, 0.15) is 5.82 Å². The van der Waals surface area contributed by atoms with Gasteiger partial charge in [0, 0.05) is 17.8 Å². The Balaban J connectivity index is 0.00000182. The van der Waals surface area contributed by atoms with Gasteiger partial charge in [0.05, 0.1) is 5.69 Å². The van der Waals surface area contributed by atoms with E-state index in [0.717, 1.165) is 11.1 Å². The number of fused-ring (bicyclic) bond motifs is 1. The predicted octanol–water partition coefficient (Wildman–Crippen LogP) is -0.253. The first-order valence-corrected chi connectivity index (χ1v) is 8.76. The second-order valence-electron chi connectivity index (χ2n) is 6.09. The Bertz CT molecular complexity index is 937. The van der Waals surface area contributed by atoms with Crippen LogP contribution in [0.2, 0.25) is 0 Å². The van der Waals surface area contributed by atoms with Crippen molar-refractivity contribution in [2.24, 2.45) is 0 Å². The monoisotopic (exact) mass is 407 g/mol. The third-order valence-electron chi connectivity index (χ3n) is 4.44. The van der Waals surface area contributed by atoms with E-state index in [1.165, 1.54) is 23.8 Å². The zero-order chi connectivity index (χ0) is 16.7. The number of benzene rings is 2. The Morgan fingerprint density at radius 3 is 2.56 bits per heavy atom. The van der Waals surface area contributed by atoms with Crippen LogP contribution in [0.1, 0.15) is 36.6 Å². The van der Waals surface area contributed by atoms with E-state index in [9.17, 15) is 9.90 Å². The summed E-state index contributed by atoms with van der Waals surface area (Å²) in [6, 6.07) is 12.5. The van der Waals surface area contributed by atoms with E-state index in [4.69, 9.17) is 0 Å². The second kappa shape index (κ2) is 7.58. The molecule has 2 aromatic carbocycles. The summed E-state index contributed by atoms with van der Waals surface area (Å²) in [5.41, 5.74) is 2.34. The summed E-state index contributed by atoms with van der Waals surface area (Å²) in [5.74, 6) is 0.177. The second-order valence-corrected chi connectivity index (χ2v) is 6.80. The molecule has 25 heavy (non-hydrogen) atoms. The first kappa shape index (κ1) is 18.6. The Morgan fingerprint density at radius 1 is 1.16 bits per heavy atom. The molecule has 1 aromatic heterocycles. The van der Waals surface area contributed by atoms with Crippen LogP contribution in [0, 0.1) is 0 Å². The Hall–Kier alpha value is -1.21. The summed E-state index contributed by atoms with van der Waals surface area (Å²) >= 11 is 3.43. The standard InChI is InChI=1S/C18H16BrN3O2.Na/c19-18-21-20-16(9-10-17(23)24)22(18)15-8-7-12(11-5-6-11)13-3-1-2-4-14(13)15;/h1-4,7-8,11H,5-6,9-10H2,(H,23,24);/q;+1/p-1. The van der Waals surface area contributed by atoms with E-state index in [1.807, 2.05) is 10.6 Å². The van der Waals surface area contributed by atoms with E-state index in [0.29, 0.717) is 16.5 Å².